The molecule has 31 heavy (non-hydrogen) atoms. The Labute approximate surface area is 180 Å². The van der Waals surface area contributed by atoms with Gasteiger partial charge in [0.2, 0.25) is 0 Å². The number of aromatic amines is 1. The quantitative estimate of drug-likeness (QED) is 0.474. The third-order valence-corrected chi connectivity index (χ3v) is 5.97. The number of primary amides is 1. The fourth-order valence-corrected chi connectivity index (χ4v) is 4.60. The van der Waals surface area contributed by atoms with E-state index >= 15 is 0 Å². The van der Waals surface area contributed by atoms with Crippen molar-refractivity contribution < 1.29 is 4.79 Å². The van der Waals surface area contributed by atoms with E-state index in [1.54, 1.807) is 0 Å². The summed E-state index contributed by atoms with van der Waals surface area (Å²) in [5.41, 5.74) is 14.2. The molecule has 0 aliphatic carbocycles. The second kappa shape index (κ2) is 7.35. The summed E-state index contributed by atoms with van der Waals surface area (Å²) in [4.78, 5) is 20.2. The lowest BCUT2D eigenvalue weighted by atomic mass is 9.94. The van der Waals surface area contributed by atoms with Gasteiger partial charge in [0.15, 0.2) is 0 Å². The minimum atomic E-state index is -0.439. The number of amides is 1. The zero-order valence-corrected chi connectivity index (χ0v) is 18.0. The van der Waals surface area contributed by atoms with E-state index in [2.05, 4.69) is 47.3 Å². The second-order valence-corrected chi connectivity index (χ2v) is 8.45. The number of nitrogens with zero attached hydrogens (tertiary/aromatic N) is 3. The van der Waals surface area contributed by atoms with E-state index in [0.29, 0.717) is 23.7 Å². The van der Waals surface area contributed by atoms with E-state index in [-0.39, 0.29) is 0 Å². The van der Waals surface area contributed by atoms with Gasteiger partial charge in [-0.1, -0.05) is 19.9 Å². The third-order valence-electron chi connectivity index (χ3n) is 5.97. The van der Waals surface area contributed by atoms with Crippen LogP contribution in [0.3, 0.4) is 0 Å². The van der Waals surface area contributed by atoms with Crippen LogP contribution >= 0.6 is 0 Å². The maximum Gasteiger partial charge on any atom is 0.252 e. The first kappa shape index (κ1) is 19.5. The number of aryl methyl sites for hydroxylation is 1. The van der Waals surface area contributed by atoms with Crippen LogP contribution in [0.5, 0.6) is 0 Å². The average molecular weight is 415 g/mol. The standard InChI is InChI=1S/C24H26N6O/c1-13(2)20-17-11-15(23-21(24(25)31)19-12-26-8-9-30(19)29-23)4-5-18(17)28-22(20)16-6-7-27-14(3)10-16/h4-7,10-11,13,26,28H,8-9,12H2,1-3H3,(H2,25,31). The zero-order chi connectivity index (χ0) is 21.7. The van der Waals surface area contributed by atoms with E-state index in [0.717, 1.165) is 52.2 Å². The van der Waals surface area contributed by atoms with Crippen LogP contribution in [0.2, 0.25) is 0 Å². The first-order valence-corrected chi connectivity index (χ1v) is 10.6. The van der Waals surface area contributed by atoms with E-state index in [4.69, 9.17) is 10.8 Å². The molecule has 4 aromatic rings. The Hall–Kier alpha value is -3.45. The van der Waals surface area contributed by atoms with Gasteiger partial charge in [-0.2, -0.15) is 5.10 Å². The molecule has 1 aliphatic heterocycles. The monoisotopic (exact) mass is 414 g/mol. The number of hydrogen-bond donors (Lipinski definition) is 3. The summed E-state index contributed by atoms with van der Waals surface area (Å²) in [5.74, 6) is -0.131. The number of H-pyrrole nitrogens is 1. The van der Waals surface area contributed by atoms with E-state index in [1.165, 1.54) is 5.56 Å². The van der Waals surface area contributed by atoms with Crippen molar-refractivity contribution >= 4 is 16.8 Å². The van der Waals surface area contributed by atoms with Crippen LogP contribution in [0.15, 0.2) is 36.5 Å². The number of pyridine rings is 1. The first-order valence-electron chi connectivity index (χ1n) is 10.6. The number of nitrogens with one attached hydrogen (secondary N) is 2. The molecule has 0 saturated carbocycles. The molecule has 0 spiro atoms. The van der Waals surface area contributed by atoms with Crippen molar-refractivity contribution in [1.82, 2.24) is 25.1 Å². The predicted octanol–water partition coefficient (Wildman–Crippen LogP) is 3.73. The minimum Gasteiger partial charge on any atom is -0.365 e. The molecule has 3 aromatic heterocycles. The maximum absolute atomic E-state index is 12.3. The van der Waals surface area contributed by atoms with E-state index in [1.807, 2.05) is 29.9 Å². The van der Waals surface area contributed by atoms with Crippen molar-refractivity contribution in [3.05, 3.63) is 59.0 Å². The van der Waals surface area contributed by atoms with Crippen LogP contribution in [0, 0.1) is 6.92 Å². The molecule has 7 nitrogen and oxygen atoms in total. The summed E-state index contributed by atoms with van der Waals surface area (Å²) in [7, 11) is 0. The van der Waals surface area contributed by atoms with Gasteiger partial charge in [-0.25, -0.2) is 0 Å². The summed E-state index contributed by atoms with van der Waals surface area (Å²) in [6, 6.07) is 10.3. The highest BCUT2D eigenvalue weighted by molar-refractivity contribution is 6.02. The van der Waals surface area contributed by atoms with Gasteiger partial charge in [-0.15, -0.1) is 0 Å². The number of carbonyl (C=O) groups is 1. The van der Waals surface area contributed by atoms with Crippen LogP contribution in [0.4, 0.5) is 0 Å². The van der Waals surface area contributed by atoms with Crippen LogP contribution < -0.4 is 11.1 Å². The Morgan fingerprint density at radius 3 is 2.77 bits per heavy atom. The summed E-state index contributed by atoms with van der Waals surface area (Å²) < 4.78 is 1.90. The lowest BCUT2D eigenvalue weighted by molar-refractivity contribution is 0.0999. The van der Waals surface area contributed by atoms with Gasteiger partial charge in [0.05, 0.1) is 23.5 Å². The third kappa shape index (κ3) is 3.21. The molecular formula is C24H26N6O. The van der Waals surface area contributed by atoms with Gasteiger partial charge < -0.3 is 16.0 Å². The molecule has 1 aromatic carbocycles. The van der Waals surface area contributed by atoms with Crippen LogP contribution in [-0.4, -0.2) is 32.2 Å². The van der Waals surface area contributed by atoms with Crippen molar-refractivity contribution in [2.75, 3.05) is 6.54 Å². The Morgan fingerprint density at radius 1 is 1.19 bits per heavy atom. The summed E-state index contributed by atoms with van der Waals surface area (Å²) in [6.45, 7) is 8.55. The molecule has 0 saturated heterocycles. The van der Waals surface area contributed by atoms with Gasteiger partial charge in [0.1, 0.15) is 5.69 Å². The summed E-state index contributed by atoms with van der Waals surface area (Å²) in [5, 5.41) is 9.20. The molecule has 0 bridgehead atoms. The maximum atomic E-state index is 12.3. The molecule has 0 atom stereocenters. The smallest absolute Gasteiger partial charge is 0.252 e. The van der Waals surface area contributed by atoms with Crippen LogP contribution in [0.25, 0.3) is 33.4 Å². The molecule has 4 N–H and O–H groups in total. The van der Waals surface area contributed by atoms with Gasteiger partial charge in [-0.3, -0.25) is 14.5 Å². The number of benzene rings is 1. The zero-order valence-electron chi connectivity index (χ0n) is 18.0. The summed E-state index contributed by atoms with van der Waals surface area (Å²) in [6.07, 6.45) is 1.84. The first-order chi connectivity index (χ1) is 14.9. The van der Waals surface area contributed by atoms with Gasteiger partial charge in [-0.05, 0) is 42.7 Å². The average Bonchev–Trinajstić information content (AvgIpc) is 3.32. The van der Waals surface area contributed by atoms with Gasteiger partial charge in [0.25, 0.3) is 5.91 Å². The minimum absolute atomic E-state index is 0.308. The van der Waals surface area contributed by atoms with E-state index in [9.17, 15) is 4.79 Å². The lowest BCUT2D eigenvalue weighted by Crippen LogP contribution is -2.30. The topological polar surface area (TPSA) is 102 Å². The highest BCUT2D eigenvalue weighted by atomic mass is 16.1. The lowest BCUT2D eigenvalue weighted by Gasteiger charge is -2.15. The normalized spacial score (nSPS) is 13.7. The van der Waals surface area contributed by atoms with Crippen molar-refractivity contribution in [3.63, 3.8) is 0 Å². The fourth-order valence-electron chi connectivity index (χ4n) is 4.60. The fraction of sp³-hybridized carbons (Fsp3) is 0.292. The molecule has 158 valence electrons. The van der Waals surface area contributed by atoms with Crippen LogP contribution in [-0.2, 0) is 13.1 Å². The van der Waals surface area contributed by atoms with Gasteiger partial charge in [0, 0.05) is 47.0 Å². The molecular weight excluding hydrogens is 388 g/mol. The Bertz CT molecular complexity index is 1310. The van der Waals surface area contributed by atoms with Crippen molar-refractivity contribution in [3.8, 4) is 22.5 Å². The number of fused-ring (bicyclic) bond motifs is 2. The molecule has 1 aliphatic rings. The highest BCUT2D eigenvalue weighted by Gasteiger charge is 2.25. The van der Waals surface area contributed by atoms with Crippen molar-refractivity contribution in [2.24, 2.45) is 5.73 Å². The Balaban J connectivity index is 1.72. The molecule has 7 heteroatoms. The Morgan fingerprint density at radius 2 is 2.03 bits per heavy atom. The number of hydrogen-bond acceptors (Lipinski definition) is 4. The number of carbonyl (C=O) groups excluding carboxylic acids is 1. The number of nitrogens with two attached hydrogens (primary N) is 1. The highest BCUT2D eigenvalue weighted by Crippen LogP contribution is 2.38. The molecule has 0 unspecified atom stereocenters. The second-order valence-electron chi connectivity index (χ2n) is 8.45. The SMILES string of the molecule is Cc1cc(-c2[nH]c3ccc(-c4nn5c(c4C(N)=O)CNCC5)cc3c2C(C)C)ccn1. The molecule has 1 amide bonds. The van der Waals surface area contributed by atoms with Gasteiger partial charge >= 0.3 is 0 Å². The largest absolute Gasteiger partial charge is 0.365 e. The van der Waals surface area contributed by atoms with Crippen molar-refractivity contribution in [1.29, 1.82) is 0 Å². The molecule has 5 rings (SSSR count). The molecule has 4 heterocycles. The van der Waals surface area contributed by atoms with Crippen molar-refractivity contribution in [2.45, 2.75) is 39.8 Å². The van der Waals surface area contributed by atoms with Crippen LogP contribution in [0.1, 0.15) is 47.1 Å². The Kier molecular flexibility index (Phi) is 4.63. The number of aromatic nitrogens is 4. The molecule has 0 fully saturated rings. The number of rotatable bonds is 4. The van der Waals surface area contributed by atoms with E-state index < -0.39 is 5.91 Å². The molecule has 0 radical (unpaired) electrons. The summed E-state index contributed by atoms with van der Waals surface area (Å²) >= 11 is 0. The predicted molar refractivity (Wildman–Crippen MR) is 122 cm³/mol.